The van der Waals surface area contributed by atoms with Crippen molar-refractivity contribution in [1.82, 2.24) is 4.98 Å². The van der Waals surface area contributed by atoms with Gasteiger partial charge < -0.3 is 0 Å². The third-order valence-electron chi connectivity index (χ3n) is 2.57. The van der Waals surface area contributed by atoms with Gasteiger partial charge in [-0.1, -0.05) is 19.4 Å². The Morgan fingerprint density at radius 1 is 1.12 bits per heavy atom. The molecule has 0 amide bonds. The van der Waals surface area contributed by atoms with Crippen LogP contribution in [0.1, 0.15) is 18.9 Å². The highest BCUT2D eigenvalue weighted by atomic mass is 19.1. The van der Waals surface area contributed by atoms with Crippen molar-refractivity contribution in [3.05, 3.63) is 53.7 Å². The van der Waals surface area contributed by atoms with E-state index in [0.29, 0.717) is 11.3 Å². The van der Waals surface area contributed by atoms with Crippen LogP contribution in [0.25, 0.3) is 11.3 Å². The average molecular weight is 233 g/mol. The lowest BCUT2D eigenvalue weighted by molar-refractivity contribution is 0.585. The fourth-order valence-electron chi connectivity index (χ4n) is 1.72. The van der Waals surface area contributed by atoms with Crippen LogP contribution in [0.2, 0.25) is 0 Å². The lowest BCUT2D eigenvalue weighted by Crippen LogP contribution is -1.91. The molecule has 0 radical (unpaired) electrons. The van der Waals surface area contributed by atoms with Gasteiger partial charge in [0.05, 0.1) is 5.69 Å². The van der Waals surface area contributed by atoms with Crippen molar-refractivity contribution in [3.63, 3.8) is 0 Å². The SMILES string of the molecule is CCCc1ccc(-c2ccc(F)cc2F)nc1. The first kappa shape index (κ1) is 11.7. The van der Waals surface area contributed by atoms with E-state index in [1.165, 1.54) is 12.1 Å². The smallest absolute Gasteiger partial charge is 0.135 e. The van der Waals surface area contributed by atoms with Crippen LogP contribution in [0.15, 0.2) is 36.5 Å². The molecule has 2 rings (SSSR count). The molecule has 1 nitrogen and oxygen atoms in total. The fourth-order valence-corrected chi connectivity index (χ4v) is 1.72. The van der Waals surface area contributed by atoms with Gasteiger partial charge >= 0.3 is 0 Å². The van der Waals surface area contributed by atoms with Crippen molar-refractivity contribution < 1.29 is 8.78 Å². The summed E-state index contributed by atoms with van der Waals surface area (Å²) in [5.41, 5.74) is 1.98. The Labute approximate surface area is 99.1 Å². The molecule has 0 atom stereocenters. The van der Waals surface area contributed by atoms with Gasteiger partial charge in [-0.05, 0) is 30.2 Å². The molecule has 0 saturated heterocycles. The summed E-state index contributed by atoms with van der Waals surface area (Å²) in [5, 5.41) is 0. The summed E-state index contributed by atoms with van der Waals surface area (Å²) in [5.74, 6) is -1.16. The molecule has 0 unspecified atom stereocenters. The highest BCUT2D eigenvalue weighted by Crippen LogP contribution is 2.21. The second-order valence-corrected chi connectivity index (χ2v) is 3.93. The monoisotopic (exact) mass is 233 g/mol. The molecule has 0 aliphatic rings. The van der Waals surface area contributed by atoms with Gasteiger partial charge in [0.2, 0.25) is 0 Å². The van der Waals surface area contributed by atoms with Crippen LogP contribution in [0.4, 0.5) is 8.78 Å². The van der Waals surface area contributed by atoms with E-state index in [0.717, 1.165) is 24.5 Å². The van der Waals surface area contributed by atoms with Crippen molar-refractivity contribution >= 4 is 0 Å². The molecule has 0 spiro atoms. The topological polar surface area (TPSA) is 12.9 Å². The van der Waals surface area contributed by atoms with E-state index < -0.39 is 11.6 Å². The highest BCUT2D eigenvalue weighted by Gasteiger charge is 2.07. The molecule has 1 aromatic carbocycles. The van der Waals surface area contributed by atoms with E-state index in [1.54, 1.807) is 12.3 Å². The highest BCUT2D eigenvalue weighted by molar-refractivity contribution is 5.59. The van der Waals surface area contributed by atoms with E-state index in [-0.39, 0.29) is 0 Å². The standard InChI is InChI=1S/C14H13F2N/c1-2-3-10-4-7-14(17-9-10)12-6-5-11(15)8-13(12)16/h4-9H,2-3H2,1H3. The Bertz CT molecular complexity index is 506. The maximum atomic E-state index is 13.5. The number of halogens is 2. The Morgan fingerprint density at radius 3 is 2.53 bits per heavy atom. The molecule has 0 fully saturated rings. The van der Waals surface area contributed by atoms with E-state index in [1.807, 2.05) is 6.07 Å². The van der Waals surface area contributed by atoms with Crippen LogP contribution in [0.3, 0.4) is 0 Å². The zero-order chi connectivity index (χ0) is 12.3. The number of nitrogens with zero attached hydrogens (tertiary/aromatic N) is 1. The summed E-state index contributed by atoms with van der Waals surface area (Å²) >= 11 is 0. The van der Waals surface area contributed by atoms with Gasteiger partial charge in [0.15, 0.2) is 0 Å². The Kier molecular flexibility index (Phi) is 3.47. The summed E-state index contributed by atoms with van der Waals surface area (Å²) in [4.78, 5) is 4.20. The summed E-state index contributed by atoms with van der Waals surface area (Å²) in [6.45, 7) is 2.09. The number of aromatic nitrogens is 1. The van der Waals surface area contributed by atoms with Crippen molar-refractivity contribution in [1.29, 1.82) is 0 Å². The molecule has 2 aromatic rings. The Hall–Kier alpha value is -1.77. The van der Waals surface area contributed by atoms with Crippen LogP contribution in [-0.2, 0) is 6.42 Å². The largest absolute Gasteiger partial charge is 0.256 e. The van der Waals surface area contributed by atoms with Crippen molar-refractivity contribution in [2.24, 2.45) is 0 Å². The van der Waals surface area contributed by atoms with Crippen LogP contribution >= 0.6 is 0 Å². The average Bonchev–Trinajstić information content (AvgIpc) is 2.31. The number of benzene rings is 1. The van der Waals surface area contributed by atoms with Gasteiger partial charge in [-0.2, -0.15) is 0 Å². The van der Waals surface area contributed by atoms with Gasteiger partial charge in [0.25, 0.3) is 0 Å². The predicted molar refractivity (Wildman–Crippen MR) is 63.6 cm³/mol. The molecule has 0 saturated carbocycles. The van der Waals surface area contributed by atoms with Gasteiger partial charge in [-0.25, -0.2) is 8.78 Å². The van der Waals surface area contributed by atoms with E-state index in [2.05, 4.69) is 11.9 Å². The maximum Gasteiger partial charge on any atom is 0.135 e. The molecule has 1 aromatic heterocycles. The number of pyridine rings is 1. The molecule has 1 heterocycles. The van der Waals surface area contributed by atoms with Gasteiger partial charge in [0, 0.05) is 17.8 Å². The number of hydrogen-bond acceptors (Lipinski definition) is 1. The molecule has 0 N–H and O–H groups in total. The quantitative estimate of drug-likeness (QED) is 0.781. The summed E-state index contributed by atoms with van der Waals surface area (Å²) in [6, 6.07) is 7.21. The Morgan fingerprint density at radius 2 is 1.94 bits per heavy atom. The predicted octanol–water partition coefficient (Wildman–Crippen LogP) is 3.98. The van der Waals surface area contributed by atoms with Gasteiger partial charge in [0.1, 0.15) is 11.6 Å². The molecule has 17 heavy (non-hydrogen) atoms. The van der Waals surface area contributed by atoms with Crippen LogP contribution in [-0.4, -0.2) is 4.98 Å². The molecular weight excluding hydrogens is 220 g/mol. The second kappa shape index (κ2) is 5.04. The number of rotatable bonds is 3. The molecule has 3 heteroatoms. The number of hydrogen-bond donors (Lipinski definition) is 0. The van der Waals surface area contributed by atoms with Crippen LogP contribution in [0.5, 0.6) is 0 Å². The third-order valence-corrected chi connectivity index (χ3v) is 2.57. The van der Waals surface area contributed by atoms with Crippen molar-refractivity contribution in [2.75, 3.05) is 0 Å². The molecular formula is C14H13F2N. The first-order chi connectivity index (χ1) is 8.20. The van der Waals surface area contributed by atoms with Crippen LogP contribution in [0, 0.1) is 11.6 Å². The number of aryl methyl sites for hydroxylation is 1. The minimum absolute atomic E-state index is 0.328. The van der Waals surface area contributed by atoms with E-state index >= 15 is 0 Å². The first-order valence-corrected chi connectivity index (χ1v) is 5.61. The zero-order valence-corrected chi connectivity index (χ0v) is 9.58. The van der Waals surface area contributed by atoms with Crippen molar-refractivity contribution in [2.45, 2.75) is 19.8 Å². The van der Waals surface area contributed by atoms with E-state index in [4.69, 9.17) is 0 Å². The van der Waals surface area contributed by atoms with Gasteiger partial charge in [-0.3, -0.25) is 4.98 Å². The van der Waals surface area contributed by atoms with E-state index in [9.17, 15) is 8.78 Å². The third kappa shape index (κ3) is 2.67. The van der Waals surface area contributed by atoms with Gasteiger partial charge in [-0.15, -0.1) is 0 Å². The summed E-state index contributed by atoms with van der Waals surface area (Å²) < 4.78 is 26.3. The first-order valence-electron chi connectivity index (χ1n) is 5.61. The maximum absolute atomic E-state index is 13.5. The minimum Gasteiger partial charge on any atom is -0.256 e. The molecule has 88 valence electrons. The lowest BCUT2D eigenvalue weighted by Gasteiger charge is -2.04. The minimum atomic E-state index is -0.583. The van der Waals surface area contributed by atoms with Crippen molar-refractivity contribution in [3.8, 4) is 11.3 Å². The van der Waals surface area contributed by atoms with Crippen LogP contribution < -0.4 is 0 Å². The fraction of sp³-hybridized carbons (Fsp3) is 0.214. The normalized spacial score (nSPS) is 10.5. The lowest BCUT2D eigenvalue weighted by atomic mass is 10.1. The summed E-state index contributed by atoms with van der Waals surface area (Å²) in [6.07, 6.45) is 3.74. The zero-order valence-electron chi connectivity index (χ0n) is 9.58. The molecule has 0 bridgehead atoms. The Balaban J connectivity index is 2.33. The molecule has 0 aliphatic heterocycles. The molecule has 0 aliphatic carbocycles. The second-order valence-electron chi connectivity index (χ2n) is 3.93. The summed E-state index contributed by atoms with van der Waals surface area (Å²) in [7, 11) is 0.